The first-order valence-electron chi connectivity index (χ1n) is 14.2. The summed E-state index contributed by atoms with van der Waals surface area (Å²) in [7, 11) is 2.07. The predicted octanol–water partition coefficient (Wildman–Crippen LogP) is -0.389. The summed E-state index contributed by atoms with van der Waals surface area (Å²) in [5, 5.41) is 20.4. The highest BCUT2D eigenvalue weighted by molar-refractivity contribution is 6.20. The molecule has 8 N–H and O–H groups in total. The van der Waals surface area contributed by atoms with Crippen LogP contribution in [0.5, 0.6) is 0 Å². The number of carbonyl (C=O) groups is 1. The zero-order valence-corrected chi connectivity index (χ0v) is 22.7. The van der Waals surface area contributed by atoms with Gasteiger partial charge in [0.1, 0.15) is 0 Å². The molecule has 0 aromatic carbocycles. The van der Waals surface area contributed by atoms with Crippen molar-refractivity contribution in [2.24, 2.45) is 28.2 Å². The second-order valence-corrected chi connectivity index (χ2v) is 13.2. The highest BCUT2D eigenvalue weighted by atomic mass is 35.5. The molecule has 5 rings (SSSR count). The summed E-state index contributed by atoms with van der Waals surface area (Å²) in [6.07, 6.45) is 8.56. The van der Waals surface area contributed by atoms with Crippen LogP contribution in [0, 0.1) is 16.7 Å². The first-order chi connectivity index (χ1) is 17.3. The number of nitrogens with one attached hydrogen (secondary N) is 3. The van der Waals surface area contributed by atoms with Crippen LogP contribution in [0.15, 0.2) is 0 Å². The molecule has 36 heavy (non-hydrogen) atoms. The fraction of sp³-hybridized carbons (Fsp3) is 0.962. The zero-order chi connectivity index (χ0) is 25.5. The van der Waals surface area contributed by atoms with Gasteiger partial charge in [0.2, 0.25) is 5.91 Å². The predicted molar refractivity (Wildman–Crippen MR) is 143 cm³/mol. The number of piperidine rings is 1. The lowest BCUT2D eigenvalue weighted by Crippen LogP contribution is -2.66. The molecule has 5 fully saturated rings. The van der Waals surface area contributed by atoms with E-state index in [1.807, 2.05) is 0 Å². The third-order valence-corrected chi connectivity index (χ3v) is 10.8. The summed E-state index contributed by atoms with van der Waals surface area (Å²) < 4.78 is 0. The van der Waals surface area contributed by atoms with E-state index in [2.05, 4.69) is 32.8 Å². The van der Waals surface area contributed by atoms with Crippen molar-refractivity contribution in [3.8, 4) is 0 Å². The van der Waals surface area contributed by atoms with E-state index in [-0.39, 0.29) is 47.5 Å². The van der Waals surface area contributed by atoms with Gasteiger partial charge in [0.05, 0.1) is 24.7 Å². The Bertz CT molecular complexity index is 789. The maximum absolute atomic E-state index is 13.9. The van der Waals surface area contributed by atoms with Crippen LogP contribution in [-0.4, -0.2) is 109 Å². The van der Waals surface area contributed by atoms with E-state index < -0.39 is 12.1 Å². The molecule has 0 bridgehead atoms. The van der Waals surface area contributed by atoms with Crippen molar-refractivity contribution in [1.29, 1.82) is 0 Å². The van der Waals surface area contributed by atoms with Gasteiger partial charge in [0.25, 0.3) is 0 Å². The molecule has 0 aromatic rings. The standard InChI is InChI=1S/C26H48ClN7O2/c1-33-8-9-34(14-18(33)15-35)21-4-7-30-13-20(21)32-24(36)22(23(28)29)19-11-26-6-3-2-5-25(26,16-26)10-17(27)12-31-19/h17-23,30-31,35H,2-16,28-29H2,1H3,(H,32,36). The molecule has 206 valence electrons. The smallest absolute Gasteiger partial charge is 0.227 e. The van der Waals surface area contributed by atoms with Crippen LogP contribution >= 0.6 is 11.6 Å². The summed E-state index contributed by atoms with van der Waals surface area (Å²) in [6.45, 7) is 5.18. The van der Waals surface area contributed by atoms with E-state index in [9.17, 15) is 9.90 Å². The SMILES string of the molecule is CN1CCN(C2CCNCC2NC(=O)C(C(N)N)C2CC34CCCCC3(CC(Cl)CN2)C4)CC1CO. The number of hydrogen-bond donors (Lipinski definition) is 6. The quantitative estimate of drug-likeness (QED) is 0.204. The second kappa shape index (κ2) is 10.9. The lowest BCUT2D eigenvalue weighted by atomic mass is 9.71. The number of hydrogen-bond acceptors (Lipinski definition) is 8. The van der Waals surface area contributed by atoms with Crippen LogP contribution in [0.2, 0.25) is 0 Å². The van der Waals surface area contributed by atoms with Crippen molar-refractivity contribution in [3.05, 3.63) is 0 Å². The Hall–Kier alpha value is -0.520. The number of piperazine rings is 1. The number of alkyl halides is 1. The minimum atomic E-state index is -0.735. The minimum absolute atomic E-state index is 0.0163. The van der Waals surface area contributed by atoms with Crippen molar-refractivity contribution in [3.63, 3.8) is 0 Å². The molecule has 2 aliphatic carbocycles. The number of nitrogens with two attached hydrogens (primary N) is 2. The van der Waals surface area contributed by atoms with Crippen molar-refractivity contribution in [1.82, 2.24) is 25.8 Å². The van der Waals surface area contributed by atoms with Crippen LogP contribution in [-0.2, 0) is 4.79 Å². The van der Waals surface area contributed by atoms with Crippen LogP contribution in [0.4, 0.5) is 0 Å². The fourth-order valence-electron chi connectivity index (χ4n) is 8.34. The third kappa shape index (κ3) is 5.19. The Balaban J connectivity index is 1.29. The average Bonchev–Trinajstić information content (AvgIpc) is 3.49. The maximum Gasteiger partial charge on any atom is 0.227 e. The zero-order valence-electron chi connectivity index (χ0n) is 21.9. The van der Waals surface area contributed by atoms with Gasteiger partial charge in [-0.15, -0.1) is 11.6 Å². The largest absolute Gasteiger partial charge is 0.395 e. The van der Waals surface area contributed by atoms with E-state index in [4.69, 9.17) is 23.1 Å². The van der Waals surface area contributed by atoms with Crippen LogP contribution in [0.3, 0.4) is 0 Å². The number of nitrogens with zero attached hydrogens (tertiary/aromatic N) is 2. The van der Waals surface area contributed by atoms with Gasteiger partial charge in [-0.1, -0.05) is 12.8 Å². The fourth-order valence-corrected chi connectivity index (χ4v) is 8.73. The molecule has 0 aromatic heterocycles. The Morgan fingerprint density at radius 3 is 2.67 bits per heavy atom. The molecule has 9 nitrogen and oxygen atoms in total. The Labute approximate surface area is 221 Å². The van der Waals surface area contributed by atoms with E-state index >= 15 is 0 Å². The van der Waals surface area contributed by atoms with Gasteiger partial charge in [0, 0.05) is 56.2 Å². The van der Waals surface area contributed by atoms with Gasteiger partial charge in [-0.3, -0.25) is 14.6 Å². The normalized spacial score (nSPS) is 43.1. The molecule has 3 heterocycles. The van der Waals surface area contributed by atoms with Crippen LogP contribution in [0.1, 0.15) is 51.4 Å². The molecule has 8 unspecified atom stereocenters. The number of aliphatic hydroxyl groups excluding tert-OH is 1. The first kappa shape index (κ1) is 27.1. The van der Waals surface area contributed by atoms with Crippen molar-refractivity contribution < 1.29 is 9.90 Å². The van der Waals surface area contributed by atoms with Gasteiger partial charge < -0.3 is 32.5 Å². The maximum atomic E-state index is 13.9. The number of amides is 1. The van der Waals surface area contributed by atoms with E-state index in [0.29, 0.717) is 12.0 Å². The minimum Gasteiger partial charge on any atom is -0.395 e. The molecule has 0 radical (unpaired) electrons. The summed E-state index contributed by atoms with van der Waals surface area (Å²) in [6, 6.07) is 0.283. The average molecular weight is 526 g/mol. The lowest BCUT2D eigenvalue weighted by Gasteiger charge is -2.47. The topological polar surface area (TPSA) is 132 Å². The summed E-state index contributed by atoms with van der Waals surface area (Å²) in [4.78, 5) is 18.5. The van der Waals surface area contributed by atoms with Gasteiger partial charge in [0.15, 0.2) is 0 Å². The van der Waals surface area contributed by atoms with Gasteiger partial charge in [-0.2, -0.15) is 0 Å². The Morgan fingerprint density at radius 2 is 1.94 bits per heavy atom. The summed E-state index contributed by atoms with van der Waals surface area (Å²) in [5.74, 6) is -0.541. The molecular formula is C26H48ClN7O2. The second-order valence-electron chi connectivity index (χ2n) is 12.6. The molecule has 3 aliphatic heterocycles. The third-order valence-electron chi connectivity index (χ3n) is 10.5. The lowest BCUT2D eigenvalue weighted by molar-refractivity contribution is -0.128. The monoisotopic (exact) mass is 525 g/mol. The number of halogens is 1. The van der Waals surface area contributed by atoms with Crippen LogP contribution in [0.25, 0.3) is 0 Å². The van der Waals surface area contributed by atoms with E-state index in [0.717, 1.165) is 52.0 Å². The molecule has 0 spiro atoms. The number of aliphatic hydroxyl groups is 1. The Kier molecular flexibility index (Phi) is 8.21. The van der Waals surface area contributed by atoms with E-state index in [1.165, 1.54) is 32.1 Å². The first-order valence-corrected chi connectivity index (χ1v) is 14.7. The van der Waals surface area contributed by atoms with Gasteiger partial charge in [-0.05, 0) is 62.9 Å². The van der Waals surface area contributed by atoms with E-state index in [1.54, 1.807) is 0 Å². The highest BCUT2D eigenvalue weighted by Crippen LogP contribution is 2.76. The molecule has 3 saturated heterocycles. The highest BCUT2D eigenvalue weighted by Gasteiger charge is 2.68. The summed E-state index contributed by atoms with van der Waals surface area (Å²) >= 11 is 6.79. The van der Waals surface area contributed by atoms with Crippen molar-refractivity contribution in [2.75, 3.05) is 52.9 Å². The molecule has 10 heteroatoms. The number of likely N-dealkylation sites (N-methyl/N-ethyl adjacent to an activating group) is 1. The van der Waals surface area contributed by atoms with Crippen molar-refractivity contribution in [2.45, 2.75) is 87.1 Å². The molecule has 8 atom stereocenters. The molecule has 2 saturated carbocycles. The summed E-state index contributed by atoms with van der Waals surface area (Å²) in [5.41, 5.74) is 13.3. The molecular weight excluding hydrogens is 478 g/mol. The number of carbonyl (C=O) groups excluding carboxylic acids is 1. The van der Waals surface area contributed by atoms with Crippen LogP contribution < -0.4 is 27.4 Å². The molecule has 1 amide bonds. The van der Waals surface area contributed by atoms with Gasteiger partial charge >= 0.3 is 0 Å². The van der Waals surface area contributed by atoms with Gasteiger partial charge in [-0.25, -0.2) is 0 Å². The Morgan fingerprint density at radius 1 is 1.19 bits per heavy atom. The number of rotatable bonds is 6. The van der Waals surface area contributed by atoms with Crippen molar-refractivity contribution >= 4 is 17.5 Å². The molecule has 5 aliphatic rings.